The maximum absolute atomic E-state index is 5.47. The standard InChI is InChI=1S/C9H11N3O/c10-4-3-7-6-11-12-9(7)8-2-1-5-13-8/h1-2,5-6H,3-4,10H2,(H,11,12). The van der Waals surface area contributed by atoms with E-state index in [1.54, 1.807) is 12.5 Å². The number of H-pyrrole nitrogens is 1. The molecule has 2 heterocycles. The Kier molecular flexibility index (Phi) is 2.14. The van der Waals surface area contributed by atoms with Crippen LogP contribution in [0.4, 0.5) is 0 Å². The van der Waals surface area contributed by atoms with E-state index in [9.17, 15) is 0 Å². The summed E-state index contributed by atoms with van der Waals surface area (Å²) < 4.78 is 5.25. The van der Waals surface area contributed by atoms with E-state index in [-0.39, 0.29) is 0 Å². The molecule has 2 aromatic heterocycles. The van der Waals surface area contributed by atoms with Crippen LogP contribution in [0.2, 0.25) is 0 Å². The van der Waals surface area contributed by atoms with Gasteiger partial charge in [0.15, 0.2) is 5.76 Å². The number of nitrogens with zero attached hydrogens (tertiary/aromatic N) is 1. The number of furan rings is 1. The maximum atomic E-state index is 5.47. The van der Waals surface area contributed by atoms with Crippen LogP contribution in [-0.4, -0.2) is 16.7 Å². The largest absolute Gasteiger partial charge is 0.463 e. The normalized spacial score (nSPS) is 10.5. The molecule has 3 N–H and O–H groups in total. The third-order valence-corrected chi connectivity index (χ3v) is 1.90. The minimum atomic E-state index is 0.618. The summed E-state index contributed by atoms with van der Waals surface area (Å²) in [6.07, 6.45) is 4.24. The van der Waals surface area contributed by atoms with E-state index < -0.39 is 0 Å². The number of nitrogens with two attached hydrogens (primary N) is 1. The molecule has 0 atom stereocenters. The monoisotopic (exact) mass is 177 g/mol. The van der Waals surface area contributed by atoms with Gasteiger partial charge in [-0.3, -0.25) is 5.10 Å². The van der Waals surface area contributed by atoms with Crippen molar-refractivity contribution >= 4 is 0 Å². The Morgan fingerprint density at radius 2 is 2.46 bits per heavy atom. The Morgan fingerprint density at radius 3 is 3.15 bits per heavy atom. The van der Waals surface area contributed by atoms with Crippen LogP contribution in [-0.2, 0) is 6.42 Å². The maximum Gasteiger partial charge on any atom is 0.151 e. The molecular formula is C9H11N3O. The molecule has 0 aliphatic rings. The van der Waals surface area contributed by atoms with Crippen molar-refractivity contribution in [1.82, 2.24) is 10.2 Å². The molecule has 2 aromatic rings. The Morgan fingerprint density at radius 1 is 1.54 bits per heavy atom. The Hall–Kier alpha value is -1.55. The van der Waals surface area contributed by atoms with Gasteiger partial charge >= 0.3 is 0 Å². The molecule has 4 heteroatoms. The van der Waals surface area contributed by atoms with Crippen LogP contribution in [0.15, 0.2) is 29.0 Å². The highest BCUT2D eigenvalue weighted by Gasteiger charge is 2.08. The first-order valence-corrected chi connectivity index (χ1v) is 4.18. The van der Waals surface area contributed by atoms with Crippen molar-refractivity contribution in [3.8, 4) is 11.5 Å². The molecule has 0 amide bonds. The van der Waals surface area contributed by atoms with Crippen LogP contribution in [0.25, 0.3) is 11.5 Å². The predicted molar refractivity (Wildman–Crippen MR) is 49.0 cm³/mol. The van der Waals surface area contributed by atoms with Gasteiger partial charge in [-0.25, -0.2) is 0 Å². The van der Waals surface area contributed by atoms with Crippen LogP contribution in [0.5, 0.6) is 0 Å². The summed E-state index contributed by atoms with van der Waals surface area (Å²) in [6.45, 7) is 0.618. The minimum absolute atomic E-state index is 0.618. The molecule has 0 aliphatic carbocycles. The molecule has 13 heavy (non-hydrogen) atoms. The first kappa shape index (κ1) is 8.07. The summed E-state index contributed by atoms with van der Waals surface area (Å²) in [5.41, 5.74) is 7.49. The van der Waals surface area contributed by atoms with Crippen molar-refractivity contribution in [2.24, 2.45) is 5.73 Å². The Bertz CT molecular complexity index is 364. The average molecular weight is 177 g/mol. The predicted octanol–water partition coefficient (Wildman–Crippen LogP) is 1.17. The SMILES string of the molecule is NCCc1cn[nH]c1-c1ccco1. The third kappa shape index (κ3) is 1.48. The number of aromatic amines is 1. The van der Waals surface area contributed by atoms with E-state index in [4.69, 9.17) is 10.2 Å². The fraction of sp³-hybridized carbons (Fsp3) is 0.222. The van der Waals surface area contributed by atoms with Crippen molar-refractivity contribution in [2.45, 2.75) is 6.42 Å². The van der Waals surface area contributed by atoms with E-state index in [0.29, 0.717) is 6.54 Å². The zero-order valence-electron chi connectivity index (χ0n) is 7.16. The molecule has 0 spiro atoms. The van der Waals surface area contributed by atoms with Crippen LogP contribution >= 0.6 is 0 Å². The molecule has 68 valence electrons. The summed E-state index contributed by atoms with van der Waals surface area (Å²) in [6, 6.07) is 3.75. The van der Waals surface area contributed by atoms with Crippen LogP contribution in [0.3, 0.4) is 0 Å². The Balaban J connectivity index is 2.35. The highest BCUT2D eigenvalue weighted by Crippen LogP contribution is 2.21. The van der Waals surface area contributed by atoms with Crippen LogP contribution in [0, 0.1) is 0 Å². The molecule has 0 saturated heterocycles. The van der Waals surface area contributed by atoms with Crippen molar-refractivity contribution in [3.05, 3.63) is 30.2 Å². The molecule has 2 rings (SSSR count). The van der Waals surface area contributed by atoms with E-state index in [1.165, 1.54) is 0 Å². The molecule has 0 unspecified atom stereocenters. The Labute approximate surface area is 75.7 Å². The van der Waals surface area contributed by atoms with Crippen molar-refractivity contribution in [1.29, 1.82) is 0 Å². The second-order valence-electron chi connectivity index (χ2n) is 2.79. The zero-order valence-corrected chi connectivity index (χ0v) is 7.16. The van der Waals surface area contributed by atoms with Gasteiger partial charge < -0.3 is 10.2 Å². The number of aromatic nitrogens is 2. The lowest BCUT2D eigenvalue weighted by atomic mass is 10.1. The van der Waals surface area contributed by atoms with Gasteiger partial charge in [-0.05, 0) is 25.1 Å². The quantitative estimate of drug-likeness (QED) is 0.739. The summed E-state index contributed by atoms with van der Waals surface area (Å²) in [5.74, 6) is 0.806. The summed E-state index contributed by atoms with van der Waals surface area (Å²) in [4.78, 5) is 0. The van der Waals surface area contributed by atoms with Crippen molar-refractivity contribution < 1.29 is 4.42 Å². The first-order chi connectivity index (χ1) is 6.42. The molecule has 0 aromatic carbocycles. The second kappa shape index (κ2) is 3.45. The highest BCUT2D eigenvalue weighted by atomic mass is 16.3. The topological polar surface area (TPSA) is 67.8 Å². The lowest BCUT2D eigenvalue weighted by Gasteiger charge is -1.96. The molecule has 4 nitrogen and oxygen atoms in total. The summed E-state index contributed by atoms with van der Waals surface area (Å²) in [7, 11) is 0. The van der Waals surface area contributed by atoms with Gasteiger partial charge in [0.05, 0.1) is 12.5 Å². The first-order valence-electron chi connectivity index (χ1n) is 4.18. The highest BCUT2D eigenvalue weighted by molar-refractivity contribution is 5.56. The second-order valence-corrected chi connectivity index (χ2v) is 2.79. The summed E-state index contributed by atoms with van der Waals surface area (Å²) >= 11 is 0. The van der Waals surface area contributed by atoms with E-state index in [1.807, 2.05) is 12.1 Å². The lowest BCUT2D eigenvalue weighted by molar-refractivity contribution is 0.579. The van der Waals surface area contributed by atoms with Crippen molar-refractivity contribution in [2.75, 3.05) is 6.54 Å². The zero-order chi connectivity index (χ0) is 9.10. The average Bonchev–Trinajstić information content (AvgIpc) is 2.71. The summed E-state index contributed by atoms with van der Waals surface area (Å²) in [5, 5.41) is 6.85. The van der Waals surface area contributed by atoms with Crippen LogP contribution in [0.1, 0.15) is 5.56 Å². The molecule has 0 bridgehead atoms. The van der Waals surface area contributed by atoms with Gasteiger partial charge in [-0.15, -0.1) is 0 Å². The lowest BCUT2D eigenvalue weighted by Crippen LogP contribution is -2.02. The minimum Gasteiger partial charge on any atom is -0.463 e. The van der Waals surface area contributed by atoms with Gasteiger partial charge in [0.1, 0.15) is 5.69 Å². The smallest absolute Gasteiger partial charge is 0.151 e. The molecular weight excluding hydrogens is 166 g/mol. The van der Waals surface area contributed by atoms with Gasteiger partial charge in [0.25, 0.3) is 0 Å². The fourth-order valence-corrected chi connectivity index (χ4v) is 1.29. The third-order valence-electron chi connectivity index (χ3n) is 1.90. The van der Waals surface area contributed by atoms with Gasteiger partial charge in [-0.1, -0.05) is 0 Å². The van der Waals surface area contributed by atoms with Crippen LogP contribution < -0.4 is 5.73 Å². The number of hydrogen-bond donors (Lipinski definition) is 2. The number of rotatable bonds is 3. The fourth-order valence-electron chi connectivity index (χ4n) is 1.29. The van der Waals surface area contributed by atoms with Gasteiger partial charge in [-0.2, -0.15) is 5.10 Å². The molecule has 0 radical (unpaired) electrons. The number of nitrogens with one attached hydrogen (secondary N) is 1. The number of hydrogen-bond acceptors (Lipinski definition) is 3. The van der Waals surface area contributed by atoms with Gasteiger partial charge in [0, 0.05) is 5.56 Å². The molecule has 0 aliphatic heterocycles. The van der Waals surface area contributed by atoms with E-state index in [2.05, 4.69) is 10.2 Å². The van der Waals surface area contributed by atoms with E-state index >= 15 is 0 Å². The molecule has 0 fully saturated rings. The van der Waals surface area contributed by atoms with Gasteiger partial charge in [0.2, 0.25) is 0 Å². The van der Waals surface area contributed by atoms with E-state index in [0.717, 1.165) is 23.4 Å². The molecule has 0 saturated carbocycles. The van der Waals surface area contributed by atoms with Crippen molar-refractivity contribution in [3.63, 3.8) is 0 Å².